The lowest BCUT2D eigenvalue weighted by Crippen LogP contribution is -2.28. The molecule has 170 valence electrons. The van der Waals surface area contributed by atoms with Crippen molar-refractivity contribution in [2.45, 2.75) is 74.4 Å². The molecule has 32 heavy (non-hydrogen) atoms. The number of aromatic nitrogens is 5. The fourth-order valence-electron chi connectivity index (χ4n) is 4.32. The van der Waals surface area contributed by atoms with Crippen molar-refractivity contribution in [1.29, 1.82) is 0 Å². The van der Waals surface area contributed by atoms with Gasteiger partial charge in [-0.3, -0.25) is 0 Å². The minimum absolute atomic E-state index is 0.256. The van der Waals surface area contributed by atoms with Crippen molar-refractivity contribution >= 4 is 40.3 Å². The Hall–Kier alpha value is -1.94. The van der Waals surface area contributed by atoms with Crippen LogP contribution < -0.4 is 5.32 Å². The highest BCUT2D eigenvalue weighted by atomic mass is 35.5. The number of aliphatic hydroxyl groups excluding tert-OH is 2. The van der Waals surface area contributed by atoms with E-state index in [9.17, 15) is 10.2 Å². The van der Waals surface area contributed by atoms with Crippen LogP contribution >= 0.6 is 23.4 Å². The zero-order chi connectivity index (χ0) is 22.2. The number of rotatable bonds is 8. The van der Waals surface area contributed by atoms with E-state index in [4.69, 9.17) is 21.6 Å². The molecule has 3 aromatic rings. The Bertz CT molecular complexity index is 1090. The van der Waals surface area contributed by atoms with E-state index in [0.29, 0.717) is 40.9 Å². The van der Waals surface area contributed by atoms with Crippen LogP contribution in [0.1, 0.15) is 56.6 Å². The summed E-state index contributed by atoms with van der Waals surface area (Å²) in [5.74, 6) is 2.01. The summed E-state index contributed by atoms with van der Waals surface area (Å²) >= 11 is 7.65. The molecule has 0 saturated heterocycles. The Kier molecular flexibility index (Phi) is 6.24. The van der Waals surface area contributed by atoms with Gasteiger partial charge in [-0.2, -0.15) is 0 Å². The summed E-state index contributed by atoms with van der Waals surface area (Å²) in [6.07, 6.45) is 2.74. The maximum atomic E-state index is 10.4. The number of benzene rings is 1. The van der Waals surface area contributed by atoms with Gasteiger partial charge in [-0.25, -0.2) is 14.6 Å². The van der Waals surface area contributed by atoms with Gasteiger partial charge in [0.25, 0.3) is 0 Å². The molecule has 5 rings (SSSR count). The zero-order valence-electron chi connectivity index (χ0n) is 17.9. The van der Waals surface area contributed by atoms with Gasteiger partial charge < -0.3 is 15.5 Å². The van der Waals surface area contributed by atoms with Gasteiger partial charge in [0.15, 0.2) is 22.1 Å². The molecule has 1 aromatic carbocycles. The quantitative estimate of drug-likeness (QED) is 0.257. The van der Waals surface area contributed by atoms with E-state index in [-0.39, 0.29) is 12.1 Å². The van der Waals surface area contributed by atoms with Crippen LogP contribution in [0.3, 0.4) is 0 Å². The van der Waals surface area contributed by atoms with Crippen molar-refractivity contribution in [3.05, 3.63) is 34.9 Å². The molecule has 5 atom stereocenters. The average Bonchev–Trinajstić information content (AvgIpc) is 3.29. The van der Waals surface area contributed by atoms with Crippen LogP contribution in [0.15, 0.2) is 29.4 Å². The number of hydrogen-bond acceptors (Lipinski definition) is 8. The van der Waals surface area contributed by atoms with Crippen LogP contribution in [0, 0.1) is 0 Å². The number of nitrogens with one attached hydrogen (secondary N) is 1. The van der Waals surface area contributed by atoms with Crippen LogP contribution in [-0.4, -0.2) is 59.2 Å². The number of thioether (sulfide) groups is 1. The first-order chi connectivity index (χ1) is 15.5. The predicted molar refractivity (Wildman–Crippen MR) is 125 cm³/mol. The summed E-state index contributed by atoms with van der Waals surface area (Å²) in [7, 11) is 0. The molecule has 2 unspecified atom stereocenters. The number of fused-ring (bicyclic) bond motifs is 1. The van der Waals surface area contributed by atoms with Crippen molar-refractivity contribution in [1.82, 2.24) is 25.0 Å². The summed E-state index contributed by atoms with van der Waals surface area (Å²) in [4.78, 5) is 9.49. The van der Waals surface area contributed by atoms with E-state index >= 15 is 0 Å². The third-order valence-corrected chi connectivity index (χ3v) is 7.49. The molecular weight excluding hydrogens is 448 g/mol. The lowest BCUT2D eigenvalue weighted by atomic mass is 10.1. The molecule has 10 heteroatoms. The molecule has 8 nitrogen and oxygen atoms in total. The molecule has 2 aliphatic rings. The van der Waals surface area contributed by atoms with Crippen molar-refractivity contribution in [2.24, 2.45) is 0 Å². The Morgan fingerprint density at radius 2 is 2.00 bits per heavy atom. The number of aliphatic hydroxyl groups is 2. The Morgan fingerprint density at radius 1 is 1.19 bits per heavy atom. The predicted octanol–water partition coefficient (Wildman–Crippen LogP) is 3.79. The Morgan fingerprint density at radius 3 is 2.72 bits per heavy atom. The number of anilines is 1. The summed E-state index contributed by atoms with van der Waals surface area (Å²) in [5.41, 5.74) is 2.45. The molecule has 2 fully saturated rings. The molecule has 0 spiro atoms. The smallest absolute Gasteiger partial charge is 0.191 e. The van der Waals surface area contributed by atoms with Gasteiger partial charge in [0.2, 0.25) is 0 Å². The molecule has 0 amide bonds. The summed E-state index contributed by atoms with van der Waals surface area (Å²) < 4.78 is 1.66. The lowest BCUT2D eigenvalue weighted by molar-refractivity contribution is 0.0215. The van der Waals surface area contributed by atoms with E-state index in [1.165, 1.54) is 5.56 Å². The van der Waals surface area contributed by atoms with Gasteiger partial charge in [0, 0.05) is 22.7 Å². The molecule has 2 saturated carbocycles. The molecule has 2 aromatic heterocycles. The third kappa shape index (κ3) is 4.31. The first-order valence-corrected chi connectivity index (χ1v) is 12.6. The van der Waals surface area contributed by atoms with Crippen molar-refractivity contribution < 1.29 is 10.2 Å². The standard InChI is InChI=1S/C22H27ClN6O2S/c1-2-3-10-32-22-25-20(24-15-11-14(15)12-4-6-13(23)7-5-12)18-21(26-22)29(28-27-18)16-8-9-17(30)19(16)31/h4-7,14-17,19,30-31H,2-3,8-11H2,1H3,(H,24,25,26)/t14?,15?,16-,17-,19+/m1/s1. The van der Waals surface area contributed by atoms with Crippen LogP contribution in [0.4, 0.5) is 5.82 Å². The molecule has 0 aliphatic heterocycles. The average molecular weight is 475 g/mol. The highest BCUT2D eigenvalue weighted by Gasteiger charge is 2.40. The van der Waals surface area contributed by atoms with E-state index in [1.54, 1.807) is 16.4 Å². The van der Waals surface area contributed by atoms with Crippen molar-refractivity contribution in [3.8, 4) is 0 Å². The highest BCUT2D eigenvalue weighted by molar-refractivity contribution is 7.99. The van der Waals surface area contributed by atoms with E-state index in [0.717, 1.165) is 30.0 Å². The third-order valence-electron chi connectivity index (χ3n) is 6.30. The first kappa shape index (κ1) is 21.9. The van der Waals surface area contributed by atoms with E-state index in [1.807, 2.05) is 12.1 Å². The molecule has 2 heterocycles. The van der Waals surface area contributed by atoms with Crippen LogP contribution in [0.5, 0.6) is 0 Å². The molecular formula is C22H27ClN6O2S. The van der Waals surface area contributed by atoms with Crippen LogP contribution in [0.25, 0.3) is 11.2 Å². The van der Waals surface area contributed by atoms with Gasteiger partial charge in [0.1, 0.15) is 6.10 Å². The topological polar surface area (TPSA) is 109 Å². The van der Waals surface area contributed by atoms with Gasteiger partial charge in [-0.1, -0.05) is 54.1 Å². The number of unbranched alkanes of at least 4 members (excludes halogenated alkanes) is 1. The Labute approximate surface area is 195 Å². The second-order valence-corrected chi connectivity index (χ2v) is 10.1. The zero-order valence-corrected chi connectivity index (χ0v) is 19.4. The summed E-state index contributed by atoms with van der Waals surface area (Å²) in [6, 6.07) is 7.90. The SMILES string of the molecule is CCCCSc1nc(NC2CC2c2ccc(Cl)cc2)c2nnn([C@@H]3CC[C@@H](O)[C@H]3O)c2n1. The van der Waals surface area contributed by atoms with Crippen molar-refractivity contribution in [2.75, 3.05) is 11.1 Å². The molecule has 0 bridgehead atoms. The summed E-state index contributed by atoms with van der Waals surface area (Å²) in [5, 5.41) is 34.1. The van der Waals surface area contributed by atoms with Gasteiger partial charge >= 0.3 is 0 Å². The monoisotopic (exact) mass is 474 g/mol. The maximum Gasteiger partial charge on any atom is 0.191 e. The molecule has 2 aliphatic carbocycles. The van der Waals surface area contributed by atoms with Crippen LogP contribution in [-0.2, 0) is 0 Å². The number of halogens is 1. The van der Waals surface area contributed by atoms with E-state index in [2.05, 4.69) is 34.7 Å². The fourth-order valence-corrected chi connectivity index (χ4v) is 5.37. The second-order valence-electron chi connectivity index (χ2n) is 8.61. The minimum atomic E-state index is -0.875. The number of nitrogens with zero attached hydrogens (tertiary/aromatic N) is 5. The summed E-state index contributed by atoms with van der Waals surface area (Å²) in [6.45, 7) is 2.16. The minimum Gasteiger partial charge on any atom is -0.390 e. The Balaban J connectivity index is 1.44. The van der Waals surface area contributed by atoms with Crippen LogP contribution in [0.2, 0.25) is 5.02 Å². The number of hydrogen-bond donors (Lipinski definition) is 3. The molecule has 3 N–H and O–H groups in total. The normalized spacial score (nSPS) is 27.2. The van der Waals surface area contributed by atoms with Crippen molar-refractivity contribution in [3.63, 3.8) is 0 Å². The van der Waals surface area contributed by atoms with Gasteiger partial charge in [-0.15, -0.1) is 5.10 Å². The van der Waals surface area contributed by atoms with E-state index < -0.39 is 12.2 Å². The van der Waals surface area contributed by atoms with Gasteiger partial charge in [-0.05, 0) is 43.4 Å². The largest absolute Gasteiger partial charge is 0.390 e. The first-order valence-electron chi connectivity index (χ1n) is 11.2. The maximum absolute atomic E-state index is 10.4. The second kappa shape index (κ2) is 9.13. The fraction of sp³-hybridized carbons (Fsp3) is 0.545. The molecule has 0 radical (unpaired) electrons. The lowest BCUT2D eigenvalue weighted by Gasteiger charge is -2.16. The highest BCUT2D eigenvalue weighted by Crippen LogP contribution is 2.44. The van der Waals surface area contributed by atoms with Gasteiger partial charge in [0.05, 0.1) is 12.1 Å².